The summed E-state index contributed by atoms with van der Waals surface area (Å²) in [7, 11) is 0. The fourth-order valence-electron chi connectivity index (χ4n) is 3.87. The number of carbonyl (C=O) groups is 2. The van der Waals surface area contributed by atoms with Gasteiger partial charge in [-0.3, -0.25) is 9.59 Å². The predicted molar refractivity (Wildman–Crippen MR) is 127 cm³/mol. The highest BCUT2D eigenvalue weighted by Crippen LogP contribution is 2.38. The van der Waals surface area contributed by atoms with Crippen molar-refractivity contribution in [1.29, 1.82) is 0 Å². The number of hydrogen-bond donors (Lipinski definition) is 1. The lowest BCUT2D eigenvalue weighted by Crippen LogP contribution is -2.38. The summed E-state index contributed by atoms with van der Waals surface area (Å²) in [4.78, 5) is 29.9. The van der Waals surface area contributed by atoms with E-state index in [9.17, 15) is 14.7 Å². The first-order chi connectivity index (χ1) is 16.0. The Balaban J connectivity index is 1.92. The molecular weight excluding hydrogens is 420 g/mol. The van der Waals surface area contributed by atoms with Crippen LogP contribution in [0.2, 0.25) is 0 Å². The molecule has 1 unspecified atom stereocenters. The van der Waals surface area contributed by atoms with Gasteiger partial charge < -0.3 is 24.1 Å². The molecule has 1 atom stereocenters. The average Bonchev–Trinajstić information content (AvgIpc) is 3.44. The fraction of sp³-hybridized carbons (Fsp3) is 0.385. The summed E-state index contributed by atoms with van der Waals surface area (Å²) in [5, 5.41) is 10.7. The van der Waals surface area contributed by atoms with Crippen LogP contribution >= 0.6 is 0 Å². The minimum absolute atomic E-state index is 0.0737. The Morgan fingerprint density at radius 1 is 1.18 bits per heavy atom. The maximum Gasteiger partial charge on any atom is 0.290 e. The molecule has 7 heteroatoms. The van der Waals surface area contributed by atoms with Gasteiger partial charge in [0.1, 0.15) is 11.5 Å². The Morgan fingerprint density at radius 2 is 1.91 bits per heavy atom. The molecule has 2 heterocycles. The second kappa shape index (κ2) is 11.5. The number of amides is 1. The number of furan rings is 1. The van der Waals surface area contributed by atoms with Gasteiger partial charge in [-0.2, -0.15) is 0 Å². The molecule has 1 aromatic heterocycles. The zero-order valence-electron chi connectivity index (χ0n) is 19.5. The predicted octanol–water partition coefficient (Wildman–Crippen LogP) is 4.39. The van der Waals surface area contributed by atoms with Crippen molar-refractivity contribution >= 4 is 17.8 Å². The third kappa shape index (κ3) is 5.73. The van der Waals surface area contributed by atoms with Crippen molar-refractivity contribution in [2.24, 2.45) is 0 Å². The van der Waals surface area contributed by atoms with E-state index in [0.717, 1.165) is 30.8 Å². The quantitative estimate of drug-likeness (QED) is 0.481. The Kier molecular flexibility index (Phi) is 8.49. The van der Waals surface area contributed by atoms with Crippen LogP contribution < -0.4 is 4.74 Å². The number of benzene rings is 1. The summed E-state index contributed by atoms with van der Waals surface area (Å²) in [6.45, 7) is 9.50. The molecular formula is C26H32N2O5. The second-order valence-corrected chi connectivity index (χ2v) is 7.82. The summed E-state index contributed by atoms with van der Waals surface area (Å²) in [6.07, 6.45) is 5.27. The topological polar surface area (TPSA) is 83.2 Å². The van der Waals surface area contributed by atoms with E-state index in [2.05, 4.69) is 18.7 Å². The normalized spacial score (nSPS) is 16.4. The average molecular weight is 453 g/mol. The molecule has 0 bridgehead atoms. The smallest absolute Gasteiger partial charge is 0.290 e. The minimum Gasteiger partial charge on any atom is -0.503 e. The highest BCUT2D eigenvalue weighted by Gasteiger charge is 2.42. The van der Waals surface area contributed by atoms with Gasteiger partial charge in [-0.15, -0.1) is 0 Å². The summed E-state index contributed by atoms with van der Waals surface area (Å²) in [5.74, 6) is -0.231. The van der Waals surface area contributed by atoms with Crippen LogP contribution in [-0.4, -0.2) is 59.4 Å². The Morgan fingerprint density at radius 3 is 2.52 bits per heavy atom. The van der Waals surface area contributed by atoms with Crippen LogP contribution in [0.1, 0.15) is 44.6 Å². The zero-order valence-corrected chi connectivity index (χ0v) is 19.5. The van der Waals surface area contributed by atoms with Gasteiger partial charge in [0.25, 0.3) is 5.91 Å². The fourth-order valence-corrected chi connectivity index (χ4v) is 3.87. The maximum absolute atomic E-state index is 13.1. The van der Waals surface area contributed by atoms with Crippen LogP contribution in [0.25, 0.3) is 6.08 Å². The first-order valence-corrected chi connectivity index (χ1v) is 11.4. The van der Waals surface area contributed by atoms with Crippen molar-refractivity contribution in [3.05, 3.63) is 71.4 Å². The van der Waals surface area contributed by atoms with Crippen LogP contribution in [0.4, 0.5) is 0 Å². The zero-order chi connectivity index (χ0) is 23.8. The minimum atomic E-state index is -0.679. The van der Waals surface area contributed by atoms with E-state index in [1.165, 1.54) is 18.4 Å². The number of likely N-dealkylation sites (N-methyl/N-ethyl adjacent to an activating group) is 1. The number of nitrogens with zero attached hydrogens (tertiary/aromatic N) is 2. The van der Waals surface area contributed by atoms with E-state index >= 15 is 0 Å². The van der Waals surface area contributed by atoms with E-state index in [1.54, 1.807) is 17.0 Å². The molecule has 0 radical (unpaired) electrons. The largest absolute Gasteiger partial charge is 0.503 e. The van der Waals surface area contributed by atoms with E-state index in [4.69, 9.17) is 9.15 Å². The lowest BCUT2D eigenvalue weighted by Gasteiger charge is -2.29. The Hall–Kier alpha value is -3.32. The Labute approximate surface area is 194 Å². The third-order valence-electron chi connectivity index (χ3n) is 5.73. The van der Waals surface area contributed by atoms with Crippen molar-refractivity contribution in [3.63, 3.8) is 0 Å². The van der Waals surface area contributed by atoms with Gasteiger partial charge in [0.2, 0.25) is 0 Å². The van der Waals surface area contributed by atoms with Crippen molar-refractivity contribution in [3.8, 4) is 5.75 Å². The van der Waals surface area contributed by atoms with Gasteiger partial charge in [-0.05, 0) is 61.5 Å². The van der Waals surface area contributed by atoms with Gasteiger partial charge in [-0.1, -0.05) is 32.9 Å². The van der Waals surface area contributed by atoms with Crippen LogP contribution in [0.5, 0.6) is 5.75 Å². The summed E-state index contributed by atoms with van der Waals surface area (Å²) >= 11 is 0. The third-order valence-corrected chi connectivity index (χ3v) is 5.73. The molecule has 2 aromatic rings. The molecule has 1 amide bonds. The molecule has 0 aliphatic carbocycles. The van der Waals surface area contributed by atoms with Crippen molar-refractivity contribution in [2.45, 2.75) is 33.2 Å². The number of ether oxygens (including phenoxy) is 1. The van der Waals surface area contributed by atoms with Crippen molar-refractivity contribution < 1.29 is 23.8 Å². The van der Waals surface area contributed by atoms with Gasteiger partial charge >= 0.3 is 0 Å². The van der Waals surface area contributed by atoms with Crippen LogP contribution in [0.3, 0.4) is 0 Å². The monoisotopic (exact) mass is 452 g/mol. The number of carbonyl (C=O) groups excluding carboxylic acids is 2. The molecule has 1 aromatic carbocycles. The van der Waals surface area contributed by atoms with Crippen LogP contribution in [0.15, 0.2) is 64.5 Å². The number of ketones is 1. The Bertz CT molecular complexity index is 988. The maximum atomic E-state index is 13.1. The number of aliphatic hydroxyl groups excluding tert-OH is 1. The first-order valence-electron chi connectivity index (χ1n) is 11.4. The van der Waals surface area contributed by atoms with Crippen LogP contribution in [-0.2, 0) is 9.59 Å². The first kappa shape index (κ1) is 24.3. The molecule has 0 fully saturated rings. The summed E-state index contributed by atoms with van der Waals surface area (Å²) < 4.78 is 10.9. The lowest BCUT2D eigenvalue weighted by molar-refractivity contribution is -0.129. The molecule has 0 saturated heterocycles. The molecule has 0 spiro atoms. The summed E-state index contributed by atoms with van der Waals surface area (Å²) in [6, 6.07) is 10.1. The van der Waals surface area contributed by atoms with Crippen molar-refractivity contribution in [2.75, 3.05) is 32.8 Å². The highest BCUT2D eigenvalue weighted by molar-refractivity contribution is 6.14. The molecule has 33 heavy (non-hydrogen) atoms. The number of rotatable bonds is 12. The van der Waals surface area contributed by atoms with Gasteiger partial charge in [0, 0.05) is 13.1 Å². The number of allylic oxidation sites excluding steroid dienone is 1. The van der Waals surface area contributed by atoms with E-state index < -0.39 is 23.5 Å². The molecule has 176 valence electrons. The van der Waals surface area contributed by atoms with Crippen LogP contribution in [0, 0.1) is 0 Å². The molecule has 3 rings (SSSR count). The van der Waals surface area contributed by atoms with E-state index in [-0.39, 0.29) is 5.57 Å². The highest BCUT2D eigenvalue weighted by atomic mass is 16.5. The second-order valence-electron chi connectivity index (χ2n) is 7.82. The molecule has 0 saturated carbocycles. The number of hydrogen-bond acceptors (Lipinski definition) is 6. The van der Waals surface area contributed by atoms with Gasteiger partial charge in [0.05, 0.1) is 24.5 Å². The number of aliphatic hydroxyl groups is 1. The molecule has 1 aliphatic rings. The van der Waals surface area contributed by atoms with Crippen molar-refractivity contribution in [1.82, 2.24) is 9.80 Å². The standard InChI is InChI=1S/C26H32N2O5/c1-4-17-32-21-11-9-19(10-12-21)24-23(22(29)14-13-20-8-7-18-33-20)25(30)26(31)28(24)16-15-27(5-2)6-3/h7-14,18,24,30H,4-6,15-17H2,1-3H3/b14-13+. The van der Waals surface area contributed by atoms with Gasteiger partial charge in [0.15, 0.2) is 11.5 Å². The molecule has 1 aliphatic heterocycles. The summed E-state index contributed by atoms with van der Waals surface area (Å²) in [5.41, 5.74) is 0.815. The molecule has 1 N–H and O–H groups in total. The van der Waals surface area contributed by atoms with E-state index in [0.29, 0.717) is 25.5 Å². The SMILES string of the molecule is CCCOc1ccc(C2C(C(=O)/C=C/c3ccco3)=C(O)C(=O)N2CCN(CC)CC)cc1. The molecule has 7 nitrogen and oxygen atoms in total. The van der Waals surface area contributed by atoms with E-state index in [1.807, 2.05) is 31.2 Å². The lowest BCUT2D eigenvalue weighted by atomic mass is 9.95. The van der Waals surface area contributed by atoms with Gasteiger partial charge in [-0.25, -0.2) is 0 Å².